The zero-order chi connectivity index (χ0) is 17.9. The molecule has 0 spiro atoms. The maximum Gasteiger partial charge on any atom is 0.277 e. The van der Waals surface area contributed by atoms with Crippen LogP contribution in [0.3, 0.4) is 0 Å². The highest BCUT2D eigenvalue weighted by molar-refractivity contribution is 7.98. The van der Waals surface area contributed by atoms with Crippen LogP contribution in [-0.2, 0) is 12.2 Å². The summed E-state index contributed by atoms with van der Waals surface area (Å²) in [5, 5.41) is 0.717. The molecule has 0 radical (unpaired) electrons. The van der Waals surface area contributed by atoms with Gasteiger partial charge in [-0.25, -0.2) is 14.4 Å². The molecule has 7 heteroatoms. The number of hydrogen-bond acceptors (Lipinski definition) is 5. The van der Waals surface area contributed by atoms with Crippen LogP contribution in [0.15, 0.2) is 59.1 Å². The molecule has 0 bridgehead atoms. The largest absolute Gasteiger partial charge is 0.324 e. The molecule has 3 aromatic rings. The van der Waals surface area contributed by atoms with E-state index in [9.17, 15) is 9.18 Å². The van der Waals surface area contributed by atoms with Crippen LogP contribution in [0.5, 0.6) is 0 Å². The Labute approximate surface area is 154 Å². The fraction of sp³-hybridized carbons (Fsp3) is 0.263. The summed E-state index contributed by atoms with van der Waals surface area (Å²) < 4.78 is 15.1. The molecule has 0 saturated heterocycles. The van der Waals surface area contributed by atoms with Gasteiger partial charge in [0, 0.05) is 42.4 Å². The standard InChI is InChI=1S/C19H17FN4OS/c20-16-3-1-13(2-4-16)11-26-19-23-18(25)15(10-24(19)17-5-6-17)7-14-8-21-12-22-9-14/h1-4,8-10,12,17H,5-7,11H2. The molecule has 0 N–H and O–H groups in total. The van der Waals surface area contributed by atoms with Gasteiger partial charge < -0.3 is 4.57 Å². The zero-order valence-corrected chi connectivity index (χ0v) is 14.8. The Morgan fingerprint density at radius 2 is 1.85 bits per heavy atom. The molecule has 1 aliphatic carbocycles. The molecule has 2 aromatic heterocycles. The summed E-state index contributed by atoms with van der Waals surface area (Å²) in [4.78, 5) is 24.8. The summed E-state index contributed by atoms with van der Waals surface area (Å²) in [5.74, 6) is 0.395. The van der Waals surface area contributed by atoms with Crippen molar-refractivity contribution in [3.05, 3.63) is 82.0 Å². The Kier molecular flexibility index (Phi) is 4.79. The minimum absolute atomic E-state index is 0.215. The highest BCUT2D eigenvalue weighted by Crippen LogP contribution is 2.38. The van der Waals surface area contributed by atoms with Crippen molar-refractivity contribution in [3.63, 3.8) is 0 Å². The predicted octanol–water partition coefficient (Wildman–Crippen LogP) is 3.39. The average Bonchev–Trinajstić information content (AvgIpc) is 3.49. The molecular formula is C19H17FN4OS. The smallest absolute Gasteiger partial charge is 0.277 e. The molecule has 0 aliphatic heterocycles. The van der Waals surface area contributed by atoms with Gasteiger partial charge in [0.15, 0.2) is 5.16 Å². The maximum atomic E-state index is 13.0. The van der Waals surface area contributed by atoms with Gasteiger partial charge in [-0.3, -0.25) is 4.79 Å². The molecule has 0 atom stereocenters. The number of thioether (sulfide) groups is 1. The Hall–Kier alpha value is -2.54. The molecule has 1 saturated carbocycles. The minimum atomic E-state index is -0.249. The Morgan fingerprint density at radius 3 is 2.54 bits per heavy atom. The van der Waals surface area contributed by atoms with Gasteiger partial charge in [0.05, 0.1) is 0 Å². The number of hydrogen-bond donors (Lipinski definition) is 0. The van der Waals surface area contributed by atoms with E-state index in [-0.39, 0.29) is 11.4 Å². The topological polar surface area (TPSA) is 60.7 Å². The second-order valence-electron chi connectivity index (χ2n) is 6.33. The summed E-state index contributed by atoms with van der Waals surface area (Å²) in [6.07, 6.45) is 9.50. The van der Waals surface area contributed by atoms with Crippen LogP contribution in [0.1, 0.15) is 35.6 Å². The van der Waals surface area contributed by atoms with Crippen molar-refractivity contribution in [2.24, 2.45) is 0 Å². The van der Waals surface area contributed by atoms with E-state index in [0.29, 0.717) is 23.8 Å². The fourth-order valence-corrected chi connectivity index (χ4v) is 3.69. The van der Waals surface area contributed by atoms with Gasteiger partial charge in [-0.05, 0) is 36.1 Å². The van der Waals surface area contributed by atoms with Gasteiger partial charge in [-0.2, -0.15) is 4.98 Å². The van der Waals surface area contributed by atoms with Crippen molar-refractivity contribution < 1.29 is 4.39 Å². The van der Waals surface area contributed by atoms with Crippen molar-refractivity contribution in [1.82, 2.24) is 19.5 Å². The lowest BCUT2D eigenvalue weighted by Crippen LogP contribution is -2.19. The molecule has 26 heavy (non-hydrogen) atoms. The van der Waals surface area contributed by atoms with Crippen LogP contribution < -0.4 is 5.56 Å². The number of nitrogens with zero attached hydrogens (tertiary/aromatic N) is 4. The molecule has 1 aliphatic rings. The summed E-state index contributed by atoms with van der Waals surface area (Å²) in [5.41, 5.74) is 2.32. The normalized spacial score (nSPS) is 13.7. The Balaban J connectivity index is 1.57. The van der Waals surface area contributed by atoms with E-state index in [0.717, 1.165) is 29.1 Å². The Bertz CT molecular complexity index is 956. The highest BCUT2D eigenvalue weighted by Gasteiger charge is 2.26. The van der Waals surface area contributed by atoms with E-state index in [2.05, 4.69) is 19.5 Å². The molecule has 0 unspecified atom stereocenters. The van der Waals surface area contributed by atoms with Crippen LogP contribution in [0.25, 0.3) is 0 Å². The van der Waals surface area contributed by atoms with E-state index in [4.69, 9.17) is 0 Å². The summed E-state index contributed by atoms with van der Waals surface area (Å²) in [6, 6.07) is 6.81. The van der Waals surface area contributed by atoms with Gasteiger partial charge in [-0.1, -0.05) is 23.9 Å². The summed E-state index contributed by atoms with van der Waals surface area (Å²) in [6.45, 7) is 0. The number of halogens is 1. The van der Waals surface area contributed by atoms with Crippen LogP contribution >= 0.6 is 11.8 Å². The predicted molar refractivity (Wildman–Crippen MR) is 97.6 cm³/mol. The van der Waals surface area contributed by atoms with Crippen LogP contribution in [0.4, 0.5) is 4.39 Å². The molecule has 132 valence electrons. The first-order valence-electron chi connectivity index (χ1n) is 8.42. The third-order valence-electron chi connectivity index (χ3n) is 4.22. The average molecular weight is 368 g/mol. The lowest BCUT2D eigenvalue weighted by atomic mass is 10.1. The van der Waals surface area contributed by atoms with Gasteiger partial charge in [0.2, 0.25) is 0 Å². The molecule has 5 nitrogen and oxygen atoms in total. The van der Waals surface area contributed by atoms with E-state index >= 15 is 0 Å². The summed E-state index contributed by atoms with van der Waals surface area (Å²) >= 11 is 1.51. The monoisotopic (exact) mass is 368 g/mol. The summed E-state index contributed by atoms with van der Waals surface area (Å²) in [7, 11) is 0. The van der Waals surface area contributed by atoms with Crippen molar-refractivity contribution >= 4 is 11.8 Å². The fourth-order valence-electron chi connectivity index (χ4n) is 2.71. The highest BCUT2D eigenvalue weighted by atomic mass is 32.2. The van der Waals surface area contributed by atoms with Crippen LogP contribution in [-0.4, -0.2) is 19.5 Å². The third-order valence-corrected chi connectivity index (χ3v) is 5.26. The zero-order valence-electron chi connectivity index (χ0n) is 14.0. The first-order chi connectivity index (χ1) is 12.7. The molecule has 1 fully saturated rings. The van der Waals surface area contributed by atoms with Gasteiger partial charge in [0.1, 0.15) is 12.1 Å². The minimum Gasteiger partial charge on any atom is -0.324 e. The third kappa shape index (κ3) is 3.99. The van der Waals surface area contributed by atoms with E-state index in [1.807, 2.05) is 6.20 Å². The lowest BCUT2D eigenvalue weighted by Gasteiger charge is -2.13. The molecule has 1 aromatic carbocycles. The quantitative estimate of drug-likeness (QED) is 0.493. The maximum absolute atomic E-state index is 13.0. The van der Waals surface area contributed by atoms with E-state index < -0.39 is 0 Å². The second kappa shape index (κ2) is 7.37. The van der Waals surface area contributed by atoms with E-state index in [1.54, 1.807) is 24.5 Å². The lowest BCUT2D eigenvalue weighted by molar-refractivity contribution is 0.616. The molecular weight excluding hydrogens is 351 g/mol. The number of aromatic nitrogens is 4. The first kappa shape index (κ1) is 16.9. The van der Waals surface area contributed by atoms with Crippen molar-refractivity contribution in [2.75, 3.05) is 0 Å². The van der Waals surface area contributed by atoms with Gasteiger partial charge >= 0.3 is 0 Å². The number of benzene rings is 1. The van der Waals surface area contributed by atoms with Gasteiger partial charge in [-0.15, -0.1) is 0 Å². The molecule has 2 heterocycles. The van der Waals surface area contributed by atoms with Crippen molar-refractivity contribution in [1.29, 1.82) is 0 Å². The second-order valence-corrected chi connectivity index (χ2v) is 7.27. The molecule has 4 rings (SSSR count). The van der Waals surface area contributed by atoms with E-state index in [1.165, 1.54) is 30.2 Å². The van der Waals surface area contributed by atoms with Crippen LogP contribution in [0.2, 0.25) is 0 Å². The van der Waals surface area contributed by atoms with Crippen LogP contribution in [0, 0.1) is 5.82 Å². The Morgan fingerprint density at radius 1 is 1.12 bits per heavy atom. The SMILES string of the molecule is O=c1nc(SCc2ccc(F)cc2)n(C2CC2)cc1Cc1cncnc1. The van der Waals surface area contributed by atoms with Crippen molar-refractivity contribution in [3.8, 4) is 0 Å². The first-order valence-corrected chi connectivity index (χ1v) is 9.41. The van der Waals surface area contributed by atoms with Crippen molar-refractivity contribution in [2.45, 2.75) is 36.2 Å². The van der Waals surface area contributed by atoms with Gasteiger partial charge in [0.25, 0.3) is 5.56 Å². The number of rotatable bonds is 6. The molecule has 0 amide bonds.